The Balaban J connectivity index is 2.70. The normalized spacial score (nSPS) is 10.4. The Labute approximate surface area is 88.4 Å². The third-order valence-electron chi connectivity index (χ3n) is 1.91. The van der Waals surface area contributed by atoms with Gasteiger partial charge in [0.2, 0.25) is 6.29 Å². The molecule has 1 amide bonds. The molecule has 0 aliphatic rings. The number of nitrogens with one attached hydrogen (secondary N) is 1. The van der Waals surface area contributed by atoms with Crippen LogP contribution in [0, 0.1) is 6.92 Å². The molecule has 1 rings (SSSR count). The SMILES string of the molecule is COC(OC)C(=O)Nc1cccnc1C. The van der Waals surface area contributed by atoms with Crippen LogP contribution in [-0.4, -0.2) is 31.4 Å². The second-order valence-electron chi connectivity index (χ2n) is 2.93. The van der Waals surface area contributed by atoms with E-state index in [4.69, 9.17) is 9.47 Å². The number of methoxy groups -OCH3 is 2. The number of nitrogens with zero attached hydrogens (tertiary/aromatic N) is 1. The zero-order valence-corrected chi connectivity index (χ0v) is 8.98. The molecule has 0 bridgehead atoms. The predicted octanol–water partition coefficient (Wildman–Crippen LogP) is 0.947. The second-order valence-corrected chi connectivity index (χ2v) is 2.93. The van der Waals surface area contributed by atoms with Gasteiger partial charge in [-0.15, -0.1) is 0 Å². The van der Waals surface area contributed by atoms with Crippen LogP contribution in [0.1, 0.15) is 5.69 Å². The van der Waals surface area contributed by atoms with E-state index in [1.54, 1.807) is 18.3 Å². The average molecular weight is 210 g/mol. The quantitative estimate of drug-likeness (QED) is 0.751. The highest BCUT2D eigenvalue weighted by Crippen LogP contribution is 2.11. The monoisotopic (exact) mass is 210 g/mol. The number of hydrogen-bond acceptors (Lipinski definition) is 4. The summed E-state index contributed by atoms with van der Waals surface area (Å²) >= 11 is 0. The molecule has 1 N–H and O–H groups in total. The lowest BCUT2D eigenvalue weighted by Crippen LogP contribution is -2.31. The molecule has 0 saturated carbocycles. The summed E-state index contributed by atoms with van der Waals surface area (Å²) in [5.74, 6) is -0.351. The van der Waals surface area contributed by atoms with Gasteiger partial charge in [-0.05, 0) is 19.1 Å². The summed E-state index contributed by atoms with van der Waals surface area (Å²) < 4.78 is 9.64. The Hall–Kier alpha value is -1.46. The van der Waals surface area contributed by atoms with Gasteiger partial charge in [0, 0.05) is 20.4 Å². The molecule has 0 aliphatic heterocycles. The molecule has 15 heavy (non-hydrogen) atoms. The molecule has 82 valence electrons. The smallest absolute Gasteiger partial charge is 0.281 e. The fourth-order valence-electron chi connectivity index (χ4n) is 1.12. The van der Waals surface area contributed by atoms with Crippen molar-refractivity contribution < 1.29 is 14.3 Å². The first-order valence-electron chi connectivity index (χ1n) is 4.47. The maximum Gasteiger partial charge on any atom is 0.281 e. The first-order valence-corrected chi connectivity index (χ1v) is 4.47. The summed E-state index contributed by atoms with van der Waals surface area (Å²) in [6.45, 7) is 1.81. The summed E-state index contributed by atoms with van der Waals surface area (Å²) in [6.07, 6.45) is 0.763. The highest BCUT2D eigenvalue weighted by atomic mass is 16.7. The van der Waals surface area contributed by atoms with Crippen molar-refractivity contribution in [2.45, 2.75) is 13.2 Å². The molecule has 5 heteroatoms. The fourth-order valence-corrected chi connectivity index (χ4v) is 1.12. The number of aryl methyl sites for hydroxylation is 1. The van der Waals surface area contributed by atoms with E-state index in [2.05, 4.69) is 10.3 Å². The van der Waals surface area contributed by atoms with E-state index in [0.717, 1.165) is 5.69 Å². The second kappa shape index (κ2) is 5.43. The molecule has 1 aromatic heterocycles. The Morgan fingerprint density at radius 1 is 1.47 bits per heavy atom. The van der Waals surface area contributed by atoms with Crippen LogP contribution in [0.2, 0.25) is 0 Å². The zero-order chi connectivity index (χ0) is 11.3. The van der Waals surface area contributed by atoms with Crippen LogP contribution in [0.5, 0.6) is 0 Å². The van der Waals surface area contributed by atoms with Gasteiger partial charge >= 0.3 is 0 Å². The van der Waals surface area contributed by atoms with Crippen molar-refractivity contribution in [3.05, 3.63) is 24.0 Å². The summed E-state index contributed by atoms with van der Waals surface area (Å²) in [6, 6.07) is 3.51. The van der Waals surface area contributed by atoms with Gasteiger partial charge in [0.25, 0.3) is 5.91 Å². The van der Waals surface area contributed by atoms with Gasteiger partial charge in [0.15, 0.2) is 0 Å². The third kappa shape index (κ3) is 3.00. The Morgan fingerprint density at radius 3 is 2.67 bits per heavy atom. The minimum absolute atomic E-state index is 0.351. The number of amides is 1. The molecule has 0 atom stereocenters. The standard InChI is InChI=1S/C10H14N2O3/c1-7-8(5-4-6-11-7)12-9(13)10(14-2)15-3/h4-6,10H,1-3H3,(H,12,13). The van der Waals surface area contributed by atoms with Crippen LogP contribution >= 0.6 is 0 Å². The van der Waals surface area contributed by atoms with Crippen molar-refractivity contribution in [1.29, 1.82) is 0 Å². The maximum absolute atomic E-state index is 11.5. The molecule has 0 aliphatic carbocycles. The topological polar surface area (TPSA) is 60.5 Å². The lowest BCUT2D eigenvalue weighted by molar-refractivity contribution is -0.153. The van der Waals surface area contributed by atoms with E-state index in [9.17, 15) is 4.79 Å². The minimum atomic E-state index is -0.899. The third-order valence-corrected chi connectivity index (χ3v) is 1.91. The number of rotatable bonds is 4. The minimum Gasteiger partial charge on any atom is -0.348 e. The molecular formula is C10H14N2O3. The highest BCUT2D eigenvalue weighted by Gasteiger charge is 2.17. The van der Waals surface area contributed by atoms with Gasteiger partial charge in [0.05, 0.1) is 11.4 Å². The first-order chi connectivity index (χ1) is 7.19. The molecule has 1 aromatic rings. The van der Waals surface area contributed by atoms with Crippen LogP contribution in [0.3, 0.4) is 0 Å². The zero-order valence-electron chi connectivity index (χ0n) is 8.98. The van der Waals surface area contributed by atoms with Gasteiger partial charge in [-0.25, -0.2) is 0 Å². The molecule has 0 saturated heterocycles. The molecule has 1 heterocycles. The Bertz CT molecular complexity index is 337. The first kappa shape index (κ1) is 11.6. The van der Waals surface area contributed by atoms with Crippen LogP contribution in [0.25, 0.3) is 0 Å². The molecule has 0 unspecified atom stereocenters. The number of hydrogen-bond donors (Lipinski definition) is 1. The van der Waals surface area contributed by atoms with E-state index >= 15 is 0 Å². The summed E-state index contributed by atoms with van der Waals surface area (Å²) in [5, 5.41) is 2.66. The maximum atomic E-state index is 11.5. The van der Waals surface area contributed by atoms with Crippen molar-refractivity contribution in [2.24, 2.45) is 0 Å². The number of ether oxygens (including phenoxy) is 2. The van der Waals surface area contributed by atoms with Crippen LogP contribution < -0.4 is 5.32 Å². The van der Waals surface area contributed by atoms with Crippen molar-refractivity contribution in [2.75, 3.05) is 19.5 Å². The van der Waals surface area contributed by atoms with Crippen molar-refractivity contribution in [3.63, 3.8) is 0 Å². The number of carbonyl (C=O) groups excluding carboxylic acids is 1. The van der Waals surface area contributed by atoms with Gasteiger partial charge in [-0.2, -0.15) is 0 Å². The average Bonchev–Trinajstić information content (AvgIpc) is 2.23. The molecule has 5 nitrogen and oxygen atoms in total. The van der Waals surface area contributed by atoms with Gasteiger partial charge in [-0.1, -0.05) is 0 Å². The van der Waals surface area contributed by atoms with Crippen LogP contribution in [0.4, 0.5) is 5.69 Å². The van der Waals surface area contributed by atoms with Crippen molar-refractivity contribution in [1.82, 2.24) is 4.98 Å². The molecule has 0 fully saturated rings. The Morgan fingerprint density at radius 2 is 2.13 bits per heavy atom. The number of anilines is 1. The van der Waals surface area contributed by atoms with Gasteiger partial charge in [0.1, 0.15) is 0 Å². The lowest BCUT2D eigenvalue weighted by atomic mass is 10.3. The van der Waals surface area contributed by atoms with E-state index in [1.807, 2.05) is 6.92 Å². The van der Waals surface area contributed by atoms with E-state index in [0.29, 0.717) is 5.69 Å². The number of aromatic nitrogens is 1. The Kier molecular flexibility index (Phi) is 4.20. The van der Waals surface area contributed by atoms with Crippen molar-refractivity contribution in [3.8, 4) is 0 Å². The highest BCUT2D eigenvalue weighted by molar-refractivity contribution is 5.93. The lowest BCUT2D eigenvalue weighted by Gasteiger charge is -2.13. The summed E-state index contributed by atoms with van der Waals surface area (Å²) in [5.41, 5.74) is 1.40. The number of pyridine rings is 1. The summed E-state index contributed by atoms with van der Waals surface area (Å²) in [4.78, 5) is 15.6. The number of carbonyl (C=O) groups is 1. The molecule has 0 aromatic carbocycles. The van der Waals surface area contributed by atoms with Gasteiger partial charge in [-0.3, -0.25) is 9.78 Å². The largest absolute Gasteiger partial charge is 0.348 e. The van der Waals surface area contributed by atoms with E-state index < -0.39 is 6.29 Å². The van der Waals surface area contributed by atoms with Crippen molar-refractivity contribution >= 4 is 11.6 Å². The van der Waals surface area contributed by atoms with E-state index in [-0.39, 0.29) is 5.91 Å². The van der Waals surface area contributed by atoms with E-state index in [1.165, 1.54) is 14.2 Å². The molecule has 0 radical (unpaired) electrons. The van der Waals surface area contributed by atoms with Gasteiger partial charge < -0.3 is 14.8 Å². The molecule has 0 spiro atoms. The predicted molar refractivity (Wildman–Crippen MR) is 55.4 cm³/mol. The molecular weight excluding hydrogens is 196 g/mol. The van der Waals surface area contributed by atoms with Crippen LogP contribution in [-0.2, 0) is 14.3 Å². The van der Waals surface area contributed by atoms with Crippen LogP contribution in [0.15, 0.2) is 18.3 Å². The summed E-state index contributed by atoms with van der Waals surface area (Å²) in [7, 11) is 2.81. The fraction of sp³-hybridized carbons (Fsp3) is 0.400.